The second-order valence-corrected chi connectivity index (χ2v) is 8.85. The van der Waals surface area contributed by atoms with Crippen molar-refractivity contribution >= 4 is 16.0 Å². The molecule has 2 aromatic carbocycles. The molecule has 0 radical (unpaired) electrons. The van der Waals surface area contributed by atoms with Gasteiger partial charge in [-0.1, -0.05) is 12.1 Å². The number of carbonyl (C=O) groups excluding carboxylic acids is 1. The number of rotatable bonds is 8. The van der Waals surface area contributed by atoms with Crippen LogP contribution in [0.3, 0.4) is 0 Å². The Hall–Kier alpha value is -3.21. The Balaban J connectivity index is 1.24. The molecule has 32 heavy (non-hydrogen) atoms. The number of esters is 1. The first-order chi connectivity index (χ1) is 15.5. The molecule has 4 rings (SSSR count). The van der Waals surface area contributed by atoms with Crippen LogP contribution in [-0.2, 0) is 19.5 Å². The Morgan fingerprint density at radius 1 is 1.00 bits per heavy atom. The van der Waals surface area contributed by atoms with Crippen LogP contribution in [0, 0.1) is 0 Å². The number of hydrogen-bond acceptors (Lipinski definition) is 8. The molecule has 10 heteroatoms. The van der Waals surface area contributed by atoms with E-state index >= 15 is 0 Å². The van der Waals surface area contributed by atoms with Gasteiger partial charge in [-0.3, -0.25) is 0 Å². The van der Waals surface area contributed by atoms with Crippen LogP contribution in [0.4, 0.5) is 0 Å². The van der Waals surface area contributed by atoms with Crippen molar-refractivity contribution in [3.8, 4) is 17.1 Å². The summed E-state index contributed by atoms with van der Waals surface area (Å²) in [6.45, 7) is 1.66. The summed E-state index contributed by atoms with van der Waals surface area (Å²) in [5.74, 6) is 0.630. The van der Waals surface area contributed by atoms with Crippen LogP contribution in [0.25, 0.3) is 11.3 Å². The van der Waals surface area contributed by atoms with Crippen LogP contribution in [0.5, 0.6) is 5.75 Å². The minimum Gasteiger partial charge on any atom is -0.490 e. The maximum atomic E-state index is 12.6. The van der Waals surface area contributed by atoms with Gasteiger partial charge in [0, 0.05) is 18.7 Å². The molecule has 1 aliphatic heterocycles. The van der Waals surface area contributed by atoms with E-state index in [4.69, 9.17) is 18.6 Å². The SMILES string of the molecule is O=C(OCCOc1ccc(S(=O)(=O)N2CCOCC2)cc1)c1ccc(-c2cnco2)cc1. The van der Waals surface area contributed by atoms with Crippen molar-refractivity contribution in [1.29, 1.82) is 0 Å². The highest BCUT2D eigenvalue weighted by molar-refractivity contribution is 7.89. The molecule has 3 aromatic rings. The summed E-state index contributed by atoms with van der Waals surface area (Å²) in [6, 6.07) is 13.0. The maximum Gasteiger partial charge on any atom is 0.338 e. The molecule has 1 aliphatic rings. The first-order valence-corrected chi connectivity index (χ1v) is 11.4. The molecule has 2 heterocycles. The molecule has 0 unspecified atom stereocenters. The molecule has 1 saturated heterocycles. The molecule has 1 fully saturated rings. The number of ether oxygens (including phenoxy) is 3. The number of nitrogens with zero attached hydrogens (tertiary/aromatic N) is 2. The largest absolute Gasteiger partial charge is 0.490 e. The van der Waals surface area contributed by atoms with Gasteiger partial charge in [-0.2, -0.15) is 4.31 Å². The summed E-state index contributed by atoms with van der Waals surface area (Å²) in [6.07, 6.45) is 2.93. The third kappa shape index (κ3) is 5.16. The lowest BCUT2D eigenvalue weighted by atomic mass is 10.1. The Labute approximate surface area is 185 Å². The number of carbonyl (C=O) groups is 1. The van der Waals surface area contributed by atoms with Gasteiger partial charge in [-0.05, 0) is 36.4 Å². The van der Waals surface area contributed by atoms with Crippen molar-refractivity contribution in [1.82, 2.24) is 9.29 Å². The van der Waals surface area contributed by atoms with E-state index in [0.717, 1.165) is 5.56 Å². The first-order valence-electron chi connectivity index (χ1n) is 10.0. The molecular formula is C22H22N2O7S. The van der Waals surface area contributed by atoms with Gasteiger partial charge in [0.1, 0.15) is 19.0 Å². The summed E-state index contributed by atoms with van der Waals surface area (Å²) in [7, 11) is -3.54. The van der Waals surface area contributed by atoms with E-state index in [9.17, 15) is 13.2 Å². The van der Waals surface area contributed by atoms with Crippen molar-refractivity contribution in [2.24, 2.45) is 0 Å². The zero-order chi connectivity index (χ0) is 22.4. The van der Waals surface area contributed by atoms with E-state index in [2.05, 4.69) is 4.98 Å². The standard InChI is InChI=1S/C22H22N2O7S/c25-22(18-3-1-17(2-4-18)21-15-23-16-31-21)30-14-13-29-19-5-7-20(8-6-19)32(26,27)24-9-11-28-12-10-24/h1-8,15-16H,9-14H2. The third-order valence-corrected chi connectivity index (χ3v) is 6.77. The van der Waals surface area contributed by atoms with Gasteiger partial charge in [0.05, 0.1) is 29.9 Å². The highest BCUT2D eigenvalue weighted by Crippen LogP contribution is 2.21. The summed E-state index contributed by atoms with van der Waals surface area (Å²) in [5, 5.41) is 0. The number of hydrogen-bond donors (Lipinski definition) is 0. The van der Waals surface area contributed by atoms with Gasteiger partial charge in [-0.25, -0.2) is 18.2 Å². The fraction of sp³-hybridized carbons (Fsp3) is 0.273. The van der Waals surface area contributed by atoms with Gasteiger partial charge in [-0.15, -0.1) is 0 Å². The van der Waals surface area contributed by atoms with E-state index in [1.165, 1.54) is 22.8 Å². The van der Waals surface area contributed by atoms with E-state index in [1.807, 2.05) is 0 Å². The minimum atomic E-state index is -3.54. The molecule has 0 aliphatic carbocycles. The second-order valence-electron chi connectivity index (χ2n) is 6.92. The summed E-state index contributed by atoms with van der Waals surface area (Å²) >= 11 is 0. The highest BCUT2D eigenvalue weighted by Gasteiger charge is 2.26. The second kappa shape index (κ2) is 9.94. The Morgan fingerprint density at radius 3 is 2.38 bits per heavy atom. The van der Waals surface area contributed by atoms with Gasteiger partial charge in [0.2, 0.25) is 10.0 Å². The fourth-order valence-electron chi connectivity index (χ4n) is 3.15. The lowest BCUT2D eigenvalue weighted by molar-refractivity contribution is 0.0450. The zero-order valence-corrected chi connectivity index (χ0v) is 18.0. The Morgan fingerprint density at radius 2 is 1.72 bits per heavy atom. The molecule has 0 saturated carbocycles. The third-order valence-electron chi connectivity index (χ3n) is 4.85. The van der Waals surface area contributed by atoms with Crippen molar-refractivity contribution in [3.05, 3.63) is 66.7 Å². The predicted molar refractivity (Wildman–Crippen MR) is 114 cm³/mol. The summed E-state index contributed by atoms with van der Waals surface area (Å²) in [5.41, 5.74) is 1.22. The van der Waals surface area contributed by atoms with Crippen LogP contribution in [0.2, 0.25) is 0 Å². The van der Waals surface area contributed by atoms with Crippen LogP contribution in [-0.4, -0.2) is 63.2 Å². The Kier molecular flexibility index (Phi) is 6.84. The molecule has 0 N–H and O–H groups in total. The maximum absolute atomic E-state index is 12.6. The quantitative estimate of drug-likeness (QED) is 0.374. The van der Waals surface area contributed by atoms with Crippen molar-refractivity contribution in [3.63, 3.8) is 0 Å². The number of benzene rings is 2. The molecule has 1 aromatic heterocycles. The lowest BCUT2D eigenvalue weighted by Gasteiger charge is -2.26. The number of oxazole rings is 1. The van der Waals surface area contributed by atoms with Crippen LogP contribution < -0.4 is 4.74 Å². The first kappa shape index (κ1) is 22.0. The van der Waals surface area contributed by atoms with Crippen LogP contribution in [0.1, 0.15) is 10.4 Å². The zero-order valence-electron chi connectivity index (χ0n) is 17.2. The Bertz CT molecular complexity index is 1120. The molecule has 0 amide bonds. The minimum absolute atomic E-state index is 0.0521. The molecule has 0 bridgehead atoms. The smallest absolute Gasteiger partial charge is 0.338 e. The number of sulfonamides is 1. The van der Waals surface area contributed by atoms with E-state index in [1.54, 1.807) is 42.6 Å². The topological polar surface area (TPSA) is 108 Å². The monoisotopic (exact) mass is 458 g/mol. The van der Waals surface area contributed by atoms with E-state index in [0.29, 0.717) is 43.4 Å². The normalized spacial score (nSPS) is 14.8. The van der Waals surface area contributed by atoms with E-state index < -0.39 is 16.0 Å². The highest BCUT2D eigenvalue weighted by atomic mass is 32.2. The van der Waals surface area contributed by atoms with Gasteiger partial charge in [0.15, 0.2) is 12.2 Å². The van der Waals surface area contributed by atoms with Crippen LogP contribution in [0.15, 0.2) is 70.4 Å². The van der Waals surface area contributed by atoms with Crippen molar-refractivity contribution < 1.29 is 31.8 Å². The average Bonchev–Trinajstić information content (AvgIpc) is 3.38. The van der Waals surface area contributed by atoms with Crippen molar-refractivity contribution in [2.75, 3.05) is 39.5 Å². The van der Waals surface area contributed by atoms with Gasteiger partial charge < -0.3 is 18.6 Å². The van der Waals surface area contributed by atoms with Crippen LogP contribution >= 0.6 is 0 Å². The van der Waals surface area contributed by atoms with E-state index in [-0.39, 0.29) is 18.1 Å². The molecule has 9 nitrogen and oxygen atoms in total. The number of aromatic nitrogens is 1. The number of morpholine rings is 1. The predicted octanol–water partition coefficient (Wildman–Crippen LogP) is 2.60. The van der Waals surface area contributed by atoms with Crippen molar-refractivity contribution in [2.45, 2.75) is 4.90 Å². The van der Waals surface area contributed by atoms with Gasteiger partial charge >= 0.3 is 5.97 Å². The molecule has 0 atom stereocenters. The van der Waals surface area contributed by atoms with Gasteiger partial charge in [0.25, 0.3) is 0 Å². The molecule has 0 spiro atoms. The summed E-state index contributed by atoms with van der Waals surface area (Å²) in [4.78, 5) is 16.2. The summed E-state index contributed by atoms with van der Waals surface area (Å²) < 4.78 is 47.8. The fourth-order valence-corrected chi connectivity index (χ4v) is 4.56. The lowest BCUT2D eigenvalue weighted by Crippen LogP contribution is -2.40. The average molecular weight is 458 g/mol. The molecule has 168 valence electrons. The molecular weight excluding hydrogens is 436 g/mol.